The molecule has 0 spiro atoms. The summed E-state index contributed by atoms with van der Waals surface area (Å²) in [5.41, 5.74) is 4.38. The average molecular weight is 997 g/mol. The van der Waals surface area contributed by atoms with Gasteiger partial charge in [-0.2, -0.15) is 0 Å². The van der Waals surface area contributed by atoms with Gasteiger partial charge in [-0.25, -0.2) is 9.59 Å². The van der Waals surface area contributed by atoms with Crippen LogP contribution in [0.2, 0.25) is 0 Å². The number of hydrogen-bond acceptors (Lipinski definition) is 14. The number of carbonyl (C=O) groups is 2. The van der Waals surface area contributed by atoms with Crippen LogP contribution in [0.5, 0.6) is 23.0 Å². The number of rotatable bonds is 30. The van der Waals surface area contributed by atoms with Gasteiger partial charge in [0.15, 0.2) is 0 Å². The molecule has 14 nitrogen and oxygen atoms in total. The molecule has 4 atom stereocenters. The van der Waals surface area contributed by atoms with Crippen LogP contribution >= 0.6 is 0 Å². The number of carbonyl (C=O) groups excluding carboxylic acids is 2. The van der Waals surface area contributed by atoms with Crippen LogP contribution in [0.3, 0.4) is 0 Å². The van der Waals surface area contributed by atoms with E-state index < -0.39 is 36.4 Å². The first kappa shape index (κ1) is 59.7. The van der Waals surface area contributed by atoms with E-state index in [1.165, 1.54) is 13.8 Å². The molecule has 0 aliphatic heterocycles. The molecule has 0 heterocycles. The highest BCUT2D eigenvalue weighted by Crippen LogP contribution is 2.35. The summed E-state index contributed by atoms with van der Waals surface area (Å²) in [6.45, 7) is 23.0. The smallest absolute Gasteiger partial charge is 0.333 e. The third kappa shape index (κ3) is 21.4. The summed E-state index contributed by atoms with van der Waals surface area (Å²) in [7, 11) is 0. The number of allylic oxidation sites excluding steroid dienone is 2. The highest BCUT2D eigenvalue weighted by molar-refractivity contribution is 5.87. The Balaban J connectivity index is 0.000000381. The van der Waals surface area contributed by atoms with E-state index in [0.717, 1.165) is 35.1 Å². The largest absolute Gasteiger partial charge is 0.499 e. The van der Waals surface area contributed by atoms with Gasteiger partial charge in [0.25, 0.3) is 0 Å². The average Bonchev–Trinajstić information content (AvgIpc) is 3.37. The molecule has 0 aliphatic carbocycles. The summed E-state index contributed by atoms with van der Waals surface area (Å²) >= 11 is 0. The lowest BCUT2D eigenvalue weighted by atomic mass is 9.78. The fourth-order valence-electron chi connectivity index (χ4n) is 6.42. The van der Waals surface area contributed by atoms with Crippen molar-refractivity contribution in [2.45, 2.75) is 103 Å². The van der Waals surface area contributed by atoms with Gasteiger partial charge in [-0.3, -0.25) is 0 Å². The molecule has 4 unspecified atom stereocenters. The minimum Gasteiger partial charge on any atom is -0.499 e. The van der Waals surface area contributed by atoms with E-state index in [1.807, 2.05) is 123 Å². The van der Waals surface area contributed by atoms with Gasteiger partial charge in [0.2, 0.25) is 0 Å². The van der Waals surface area contributed by atoms with Crippen LogP contribution in [-0.4, -0.2) is 110 Å². The normalized spacial score (nSPS) is 13.2. The quantitative estimate of drug-likeness (QED) is 0.0220. The van der Waals surface area contributed by atoms with Crippen LogP contribution in [0.4, 0.5) is 0 Å². The minimum absolute atomic E-state index is 0.0152. The maximum atomic E-state index is 11.4. The summed E-state index contributed by atoms with van der Waals surface area (Å²) in [6.07, 6.45) is 5.48. The molecule has 0 saturated heterocycles. The summed E-state index contributed by atoms with van der Waals surface area (Å²) in [4.78, 5) is 22.8. The Kier molecular flexibility index (Phi) is 25.7. The van der Waals surface area contributed by atoms with E-state index in [9.17, 15) is 30.0 Å². The van der Waals surface area contributed by atoms with E-state index in [-0.39, 0.29) is 74.8 Å². The Morgan fingerprint density at radius 1 is 0.444 bits per heavy atom. The Labute approximate surface area is 426 Å². The molecule has 0 saturated carbocycles. The van der Waals surface area contributed by atoms with Gasteiger partial charge in [-0.05, 0) is 97.5 Å². The summed E-state index contributed by atoms with van der Waals surface area (Å²) in [5.74, 6) is 1.46. The third-order valence-electron chi connectivity index (χ3n) is 11.0. The number of aliphatic hydroxyl groups is 4. The maximum Gasteiger partial charge on any atom is 0.333 e. The Morgan fingerprint density at radius 2 is 0.681 bits per heavy atom. The predicted octanol–water partition coefficient (Wildman–Crippen LogP) is 9.10. The van der Waals surface area contributed by atoms with Crippen molar-refractivity contribution in [2.24, 2.45) is 0 Å². The molecule has 0 aliphatic rings. The van der Waals surface area contributed by atoms with Crippen LogP contribution in [0.15, 0.2) is 146 Å². The molecule has 0 fully saturated rings. The standard InChI is InChI=1S/C29H36O8.C29H40O6/c1-19(2)27(32)36-17-23(30)15-34-25-11-7-21(8-12-25)29(5,6)22-9-13-26(14-10-22)35-16-24(31)18-37-28(33)20(3)4;1-5-7-17-32-19-25(30)21-34-27-13-9-23(10-14-27)29(3,4)24-11-15-28(16-12-24)35-22-26(31)20-33-18-8-6-2/h7-14,23-24,30-31H,1,3,15-18H2,2,4-6H3;7-18,25-26,30-31H,5-6,19-22H2,1-4H3. The molecule has 0 amide bonds. The zero-order chi connectivity index (χ0) is 53.1. The monoisotopic (exact) mass is 997 g/mol. The number of esters is 2. The SMILES string of the molecule is C=C(C)C(=O)OCC(O)COc1ccc(C(C)(C)c2ccc(OCC(O)COC(=O)C(=C)C)cc2)cc1.CCC=COCC(O)COc1ccc(C(C)(C)c2ccc(OCC(O)COC=CCC)cc2)cc1. The zero-order valence-corrected chi connectivity index (χ0v) is 43.2. The van der Waals surface area contributed by atoms with Gasteiger partial charge >= 0.3 is 11.9 Å². The number of hydrogen-bond donors (Lipinski definition) is 4. The van der Waals surface area contributed by atoms with Crippen LogP contribution in [-0.2, 0) is 39.4 Å². The lowest BCUT2D eigenvalue weighted by molar-refractivity contribution is -0.143. The van der Waals surface area contributed by atoms with E-state index in [2.05, 4.69) is 40.9 Å². The fraction of sp³-hybridized carbons (Fsp3) is 0.414. The fourth-order valence-corrected chi connectivity index (χ4v) is 6.42. The molecule has 4 aromatic carbocycles. The van der Waals surface area contributed by atoms with Gasteiger partial charge in [-0.1, -0.05) is 115 Å². The molecule has 4 rings (SSSR count). The summed E-state index contributed by atoms with van der Waals surface area (Å²) < 4.78 is 42.9. The third-order valence-corrected chi connectivity index (χ3v) is 11.0. The van der Waals surface area contributed by atoms with Gasteiger partial charge < -0.3 is 58.3 Å². The van der Waals surface area contributed by atoms with Gasteiger partial charge in [0, 0.05) is 22.0 Å². The number of ether oxygens (including phenoxy) is 8. The Bertz CT molecular complexity index is 2120. The molecule has 0 aromatic heterocycles. The van der Waals surface area contributed by atoms with E-state index in [0.29, 0.717) is 23.0 Å². The number of benzene rings is 4. The molecule has 392 valence electrons. The van der Waals surface area contributed by atoms with E-state index in [1.54, 1.807) is 12.5 Å². The highest BCUT2D eigenvalue weighted by atomic mass is 16.6. The second-order valence-corrected chi connectivity index (χ2v) is 18.2. The van der Waals surface area contributed by atoms with Crippen LogP contribution in [0.1, 0.15) is 90.5 Å². The second-order valence-electron chi connectivity index (χ2n) is 18.2. The molecule has 4 aromatic rings. The topological polar surface area (TPSA) is 189 Å². The first-order valence-electron chi connectivity index (χ1n) is 24.1. The molecule has 72 heavy (non-hydrogen) atoms. The second kappa shape index (κ2) is 31.0. The van der Waals surface area contributed by atoms with Gasteiger partial charge in [-0.15, -0.1) is 0 Å². The van der Waals surface area contributed by atoms with Crippen molar-refractivity contribution in [1.29, 1.82) is 0 Å². The van der Waals surface area contributed by atoms with Crippen molar-refractivity contribution in [2.75, 3.05) is 52.9 Å². The predicted molar refractivity (Wildman–Crippen MR) is 278 cm³/mol. The van der Waals surface area contributed by atoms with Crippen molar-refractivity contribution < 1.29 is 67.9 Å². The van der Waals surface area contributed by atoms with Crippen molar-refractivity contribution in [3.05, 3.63) is 168 Å². The van der Waals surface area contributed by atoms with Crippen molar-refractivity contribution in [3.63, 3.8) is 0 Å². The minimum atomic E-state index is -0.951. The lowest BCUT2D eigenvalue weighted by Gasteiger charge is -2.26. The van der Waals surface area contributed by atoms with E-state index >= 15 is 0 Å². The van der Waals surface area contributed by atoms with Crippen LogP contribution in [0.25, 0.3) is 0 Å². The molecular weight excluding hydrogens is 921 g/mol. The maximum absolute atomic E-state index is 11.4. The first-order valence-corrected chi connectivity index (χ1v) is 24.1. The van der Waals surface area contributed by atoms with Crippen LogP contribution < -0.4 is 18.9 Å². The van der Waals surface area contributed by atoms with Crippen molar-refractivity contribution in [3.8, 4) is 23.0 Å². The van der Waals surface area contributed by atoms with Crippen molar-refractivity contribution >= 4 is 11.9 Å². The molecule has 0 bridgehead atoms. The lowest BCUT2D eigenvalue weighted by Crippen LogP contribution is -2.25. The first-order chi connectivity index (χ1) is 34.3. The summed E-state index contributed by atoms with van der Waals surface area (Å²) in [6, 6.07) is 30.9. The van der Waals surface area contributed by atoms with Gasteiger partial charge in [0.1, 0.15) is 100 Å². The van der Waals surface area contributed by atoms with Gasteiger partial charge in [0.05, 0.1) is 12.5 Å². The summed E-state index contributed by atoms with van der Waals surface area (Å²) in [5, 5.41) is 39.9. The molecule has 0 radical (unpaired) electrons. The van der Waals surface area contributed by atoms with Crippen LogP contribution in [0, 0.1) is 0 Å². The zero-order valence-electron chi connectivity index (χ0n) is 43.2. The molecular formula is C58H76O14. The Hall–Kier alpha value is -6.58. The van der Waals surface area contributed by atoms with Crippen molar-refractivity contribution in [1.82, 2.24) is 0 Å². The Morgan fingerprint density at radius 3 is 0.903 bits per heavy atom. The molecule has 4 N–H and O–H groups in total. The van der Waals surface area contributed by atoms with E-state index in [4.69, 9.17) is 37.9 Å². The highest BCUT2D eigenvalue weighted by Gasteiger charge is 2.25. The number of aliphatic hydroxyl groups excluding tert-OH is 4. The molecule has 14 heteroatoms.